The van der Waals surface area contributed by atoms with E-state index in [1.165, 1.54) is 12.1 Å². The van der Waals surface area contributed by atoms with Crippen LogP contribution in [0.3, 0.4) is 0 Å². The van der Waals surface area contributed by atoms with Crippen molar-refractivity contribution in [2.45, 2.75) is 32.9 Å². The molecule has 0 saturated carbocycles. The lowest BCUT2D eigenvalue weighted by molar-refractivity contribution is -0.137. The average molecular weight is 302 g/mol. The summed E-state index contributed by atoms with van der Waals surface area (Å²) in [5.74, 6) is -0.208. The highest BCUT2D eigenvalue weighted by molar-refractivity contribution is 5.78. The number of rotatable bonds is 6. The van der Waals surface area contributed by atoms with Gasteiger partial charge in [-0.05, 0) is 36.1 Å². The van der Waals surface area contributed by atoms with E-state index in [0.29, 0.717) is 18.7 Å². The molecular formula is C15H21F3N2O. The van der Waals surface area contributed by atoms with Crippen molar-refractivity contribution in [3.05, 3.63) is 35.4 Å². The van der Waals surface area contributed by atoms with E-state index in [2.05, 4.69) is 5.32 Å². The number of nitrogens with one attached hydrogen (secondary N) is 1. The van der Waals surface area contributed by atoms with Gasteiger partial charge < -0.3 is 11.1 Å². The Hall–Kier alpha value is -1.56. The third-order valence-electron chi connectivity index (χ3n) is 3.23. The van der Waals surface area contributed by atoms with Gasteiger partial charge in [0.05, 0.1) is 12.0 Å². The predicted octanol–water partition coefficient (Wildman–Crippen LogP) is 2.74. The van der Waals surface area contributed by atoms with E-state index < -0.39 is 11.7 Å². The molecule has 0 aromatic heterocycles. The van der Waals surface area contributed by atoms with Crippen LogP contribution in [0.4, 0.5) is 13.2 Å². The molecule has 6 heteroatoms. The van der Waals surface area contributed by atoms with Gasteiger partial charge in [0.15, 0.2) is 0 Å². The maximum atomic E-state index is 12.4. The molecular weight excluding hydrogens is 281 g/mol. The quantitative estimate of drug-likeness (QED) is 0.849. The normalized spacial score (nSPS) is 12.3. The van der Waals surface area contributed by atoms with Crippen LogP contribution in [0.15, 0.2) is 24.3 Å². The highest BCUT2D eigenvalue weighted by Gasteiger charge is 2.30. The second kappa shape index (κ2) is 6.93. The standard InChI is InChI=1S/C15H21F3N2O/c1-14(2,7-8-19)10-20-13(21)9-11-3-5-12(6-4-11)15(16,17)18/h3-6H,7-10,19H2,1-2H3,(H,20,21). The van der Waals surface area contributed by atoms with E-state index in [1.54, 1.807) is 0 Å². The summed E-state index contributed by atoms with van der Waals surface area (Å²) in [5, 5.41) is 2.78. The molecule has 0 heterocycles. The van der Waals surface area contributed by atoms with Gasteiger partial charge >= 0.3 is 6.18 Å². The van der Waals surface area contributed by atoms with Gasteiger partial charge in [-0.1, -0.05) is 26.0 Å². The van der Waals surface area contributed by atoms with Gasteiger partial charge in [0.2, 0.25) is 5.91 Å². The van der Waals surface area contributed by atoms with Crippen LogP contribution in [0.1, 0.15) is 31.4 Å². The van der Waals surface area contributed by atoms with Crippen molar-refractivity contribution in [2.24, 2.45) is 11.1 Å². The molecule has 21 heavy (non-hydrogen) atoms. The zero-order valence-electron chi connectivity index (χ0n) is 12.3. The SMILES string of the molecule is CC(C)(CCN)CNC(=O)Cc1ccc(C(F)(F)F)cc1. The Labute approximate surface area is 122 Å². The van der Waals surface area contributed by atoms with Crippen LogP contribution in [0.25, 0.3) is 0 Å². The van der Waals surface area contributed by atoms with Gasteiger partial charge in [0.25, 0.3) is 0 Å². The molecule has 3 nitrogen and oxygen atoms in total. The van der Waals surface area contributed by atoms with Gasteiger partial charge in [-0.2, -0.15) is 13.2 Å². The van der Waals surface area contributed by atoms with Crippen LogP contribution in [0, 0.1) is 5.41 Å². The summed E-state index contributed by atoms with van der Waals surface area (Å²) in [6, 6.07) is 4.63. The summed E-state index contributed by atoms with van der Waals surface area (Å²) in [5.41, 5.74) is 5.24. The van der Waals surface area contributed by atoms with Crippen LogP contribution in [0.5, 0.6) is 0 Å². The van der Waals surface area contributed by atoms with E-state index in [9.17, 15) is 18.0 Å². The fourth-order valence-electron chi connectivity index (χ4n) is 1.88. The van der Waals surface area contributed by atoms with Gasteiger partial charge in [0.1, 0.15) is 0 Å². The highest BCUT2D eigenvalue weighted by Crippen LogP contribution is 2.29. The molecule has 0 aliphatic rings. The smallest absolute Gasteiger partial charge is 0.355 e. The number of carbonyl (C=O) groups excluding carboxylic acids is 1. The third kappa shape index (κ3) is 6.16. The third-order valence-corrected chi connectivity index (χ3v) is 3.23. The Morgan fingerprint density at radius 2 is 1.76 bits per heavy atom. The lowest BCUT2D eigenvalue weighted by Gasteiger charge is -2.24. The van der Waals surface area contributed by atoms with E-state index in [0.717, 1.165) is 18.6 Å². The monoisotopic (exact) mass is 302 g/mol. The van der Waals surface area contributed by atoms with Crippen molar-refractivity contribution in [3.8, 4) is 0 Å². The van der Waals surface area contributed by atoms with Crippen molar-refractivity contribution in [1.82, 2.24) is 5.32 Å². The molecule has 1 rings (SSSR count). The zero-order chi connectivity index (χ0) is 16.1. The Kier molecular flexibility index (Phi) is 5.78. The average Bonchev–Trinajstić information content (AvgIpc) is 2.36. The molecule has 1 aromatic rings. The summed E-state index contributed by atoms with van der Waals surface area (Å²) in [7, 11) is 0. The Bertz CT molecular complexity index is 467. The first-order valence-electron chi connectivity index (χ1n) is 6.77. The second-order valence-corrected chi connectivity index (χ2v) is 5.85. The number of alkyl halides is 3. The second-order valence-electron chi connectivity index (χ2n) is 5.85. The molecule has 0 atom stereocenters. The van der Waals surface area contributed by atoms with Crippen LogP contribution in [-0.4, -0.2) is 19.0 Å². The van der Waals surface area contributed by atoms with Gasteiger partial charge in [-0.3, -0.25) is 4.79 Å². The number of halogens is 3. The fraction of sp³-hybridized carbons (Fsp3) is 0.533. The number of hydrogen-bond acceptors (Lipinski definition) is 2. The van der Waals surface area contributed by atoms with Crippen LogP contribution in [0.2, 0.25) is 0 Å². The fourth-order valence-corrected chi connectivity index (χ4v) is 1.88. The van der Waals surface area contributed by atoms with E-state index in [-0.39, 0.29) is 17.7 Å². The minimum Gasteiger partial charge on any atom is -0.355 e. The van der Waals surface area contributed by atoms with Crippen molar-refractivity contribution in [3.63, 3.8) is 0 Å². The molecule has 0 aliphatic heterocycles. The Balaban J connectivity index is 2.52. The highest BCUT2D eigenvalue weighted by atomic mass is 19.4. The van der Waals surface area contributed by atoms with Crippen molar-refractivity contribution >= 4 is 5.91 Å². The lowest BCUT2D eigenvalue weighted by Crippen LogP contribution is -2.36. The van der Waals surface area contributed by atoms with Crippen LogP contribution < -0.4 is 11.1 Å². The van der Waals surface area contributed by atoms with Crippen LogP contribution in [-0.2, 0) is 17.4 Å². The minimum atomic E-state index is -4.35. The van der Waals surface area contributed by atoms with Gasteiger partial charge in [-0.15, -0.1) is 0 Å². The summed E-state index contributed by atoms with van der Waals surface area (Å²) in [4.78, 5) is 11.8. The molecule has 118 valence electrons. The molecule has 3 N–H and O–H groups in total. The summed E-state index contributed by atoms with van der Waals surface area (Å²) < 4.78 is 37.3. The summed E-state index contributed by atoms with van der Waals surface area (Å²) in [6.07, 6.45) is -3.50. The minimum absolute atomic E-state index is 0.0663. The number of carbonyl (C=O) groups is 1. The van der Waals surface area contributed by atoms with Crippen molar-refractivity contribution in [2.75, 3.05) is 13.1 Å². The topological polar surface area (TPSA) is 55.1 Å². The van der Waals surface area contributed by atoms with E-state index in [1.807, 2.05) is 13.8 Å². The maximum Gasteiger partial charge on any atom is 0.416 e. The Morgan fingerprint density at radius 3 is 2.24 bits per heavy atom. The molecule has 0 aliphatic carbocycles. The van der Waals surface area contributed by atoms with Gasteiger partial charge in [-0.25, -0.2) is 0 Å². The number of hydrogen-bond donors (Lipinski definition) is 2. The molecule has 1 amide bonds. The Morgan fingerprint density at radius 1 is 1.19 bits per heavy atom. The molecule has 0 spiro atoms. The molecule has 0 bridgehead atoms. The van der Waals surface area contributed by atoms with Crippen LogP contribution >= 0.6 is 0 Å². The summed E-state index contributed by atoms with van der Waals surface area (Å²) in [6.45, 7) is 5.03. The molecule has 0 saturated heterocycles. The summed E-state index contributed by atoms with van der Waals surface area (Å²) >= 11 is 0. The van der Waals surface area contributed by atoms with E-state index >= 15 is 0 Å². The number of nitrogens with two attached hydrogens (primary N) is 1. The first-order chi connectivity index (χ1) is 9.64. The first-order valence-corrected chi connectivity index (χ1v) is 6.77. The van der Waals surface area contributed by atoms with Crippen molar-refractivity contribution < 1.29 is 18.0 Å². The molecule has 0 unspecified atom stereocenters. The van der Waals surface area contributed by atoms with Gasteiger partial charge in [0, 0.05) is 6.54 Å². The van der Waals surface area contributed by atoms with Crippen molar-refractivity contribution in [1.29, 1.82) is 0 Å². The zero-order valence-corrected chi connectivity index (χ0v) is 12.3. The lowest BCUT2D eigenvalue weighted by atomic mass is 9.89. The van der Waals surface area contributed by atoms with E-state index in [4.69, 9.17) is 5.73 Å². The molecule has 0 radical (unpaired) electrons. The molecule has 0 fully saturated rings. The number of benzene rings is 1. The number of amides is 1. The predicted molar refractivity (Wildman–Crippen MR) is 75.6 cm³/mol. The first kappa shape index (κ1) is 17.5. The largest absolute Gasteiger partial charge is 0.416 e. The molecule has 1 aromatic carbocycles. The maximum absolute atomic E-state index is 12.4.